The van der Waals surface area contributed by atoms with Crippen molar-refractivity contribution in [1.82, 2.24) is 10.3 Å². The first kappa shape index (κ1) is 15.8. The third-order valence-corrected chi connectivity index (χ3v) is 4.13. The van der Waals surface area contributed by atoms with E-state index in [1.807, 2.05) is 18.0 Å². The fraction of sp³-hybridized carbons (Fsp3) is 0.615. The molecule has 18 heavy (non-hydrogen) atoms. The minimum atomic E-state index is 0.481. The smallest absolute Gasteiger partial charge is 0.133 e. The normalized spacial score (nSPS) is 12.5. The molecule has 0 aliphatic rings. The van der Waals surface area contributed by atoms with Crippen molar-refractivity contribution in [2.45, 2.75) is 26.4 Å². The fourth-order valence-corrected chi connectivity index (χ4v) is 2.83. The minimum absolute atomic E-state index is 0.481. The Morgan fingerprint density at radius 3 is 2.89 bits per heavy atom. The number of hydrogen-bond donors (Lipinski definition) is 1. The summed E-state index contributed by atoms with van der Waals surface area (Å²) in [7, 11) is 2.12. The molecule has 0 saturated heterocycles. The van der Waals surface area contributed by atoms with Crippen LogP contribution in [-0.4, -0.2) is 36.6 Å². The predicted molar refractivity (Wildman–Crippen MR) is 85.6 cm³/mol. The predicted octanol–water partition coefficient (Wildman–Crippen LogP) is 3.14. The second-order valence-corrected chi connectivity index (χ2v) is 6.16. The Kier molecular flexibility index (Phi) is 7.04. The van der Waals surface area contributed by atoms with Crippen LogP contribution in [0.1, 0.15) is 19.4 Å². The van der Waals surface area contributed by atoms with Crippen molar-refractivity contribution in [2.75, 3.05) is 30.5 Å². The number of hydrogen-bond acceptors (Lipinski definition) is 4. The summed E-state index contributed by atoms with van der Waals surface area (Å²) in [6, 6.07) is 2.63. The van der Waals surface area contributed by atoms with Crippen molar-refractivity contribution in [3.63, 3.8) is 0 Å². The quantitative estimate of drug-likeness (QED) is 0.830. The lowest BCUT2D eigenvalue weighted by molar-refractivity contribution is 0.703. The lowest BCUT2D eigenvalue weighted by Gasteiger charge is -2.27. The van der Waals surface area contributed by atoms with Crippen LogP contribution in [0.4, 0.5) is 5.82 Å². The number of anilines is 1. The molecule has 1 aromatic heterocycles. The van der Waals surface area contributed by atoms with Gasteiger partial charge >= 0.3 is 0 Å². The van der Waals surface area contributed by atoms with E-state index >= 15 is 0 Å². The van der Waals surface area contributed by atoms with Crippen LogP contribution >= 0.6 is 27.7 Å². The number of halogens is 1. The van der Waals surface area contributed by atoms with E-state index in [0.29, 0.717) is 6.04 Å². The second-order valence-electron chi connectivity index (χ2n) is 4.33. The number of rotatable bonds is 7. The van der Waals surface area contributed by atoms with Crippen LogP contribution in [0.25, 0.3) is 0 Å². The van der Waals surface area contributed by atoms with Crippen LogP contribution in [0.15, 0.2) is 16.7 Å². The van der Waals surface area contributed by atoms with Gasteiger partial charge in [-0.2, -0.15) is 11.8 Å². The third kappa shape index (κ3) is 4.44. The monoisotopic (exact) mass is 331 g/mol. The average Bonchev–Trinajstić information content (AvgIpc) is 2.36. The van der Waals surface area contributed by atoms with Crippen LogP contribution in [0.3, 0.4) is 0 Å². The second kappa shape index (κ2) is 8.02. The minimum Gasteiger partial charge on any atom is -0.356 e. The first-order chi connectivity index (χ1) is 8.60. The molecule has 0 spiro atoms. The van der Waals surface area contributed by atoms with Gasteiger partial charge in [-0.05, 0) is 41.7 Å². The molecule has 1 rings (SSSR count). The molecule has 0 fully saturated rings. The van der Waals surface area contributed by atoms with Gasteiger partial charge in [0, 0.05) is 41.6 Å². The maximum Gasteiger partial charge on any atom is 0.133 e. The van der Waals surface area contributed by atoms with E-state index in [4.69, 9.17) is 0 Å². The molecule has 1 unspecified atom stereocenters. The summed E-state index contributed by atoms with van der Waals surface area (Å²) in [5.41, 5.74) is 1.24. The first-order valence-corrected chi connectivity index (χ1v) is 8.35. The Morgan fingerprint density at radius 1 is 1.56 bits per heavy atom. The number of nitrogens with one attached hydrogen (secondary N) is 1. The van der Waals surface area contributed by atoms with E-state index in [-0.39, 0.29) is 0 Å². The third-order valence-electron chi connectivity index (χ3n) is 2.88. The standard InChI is InChI=1S/C13H22BrN3S/c1-5-15-7-11-6-12(14)8-16-13(11)17(3)10(2)9-18-4/h6,8,10,15H,5,7,9H2,1-4H3. The molecule has 1 N–H and O–H groups in total. The van der Waals surface area contributed by atoms with Crippen LogP contribution in [-0.2, 0) is 6.54 Å². The SMILES string of the molecule is CCNCc1cc(Br)cnc1N(C)C(C)CSC. The Balaban J connectivity index is 2.91. The lowest BCUT2D eigenvalue weighted by Crippen LogP contribution is -2.33. The van der Waals surface area contributed by atoms with E-state index < -0.39 is 0 Å². The Morgan fingerprint density at radius 2 is 2.28 bits per heavy atom. The lowest BCUT2D eigenvalue weighted by atomic mass is 10.2. The molecule has 3 nitrogen and oxygen atoms in total. The fourth-order valence-electron chi connectivity index (χ4n) is 1.74. The molecule has 1 heterocycles. The van der Waals surface area contributed by atoms with Gasteiger partial charge in [-0.3, -0.25) is 0 Å². The summed E-state index contributed by atoms with van der Waals surface area (Å²) in [6.45, 7) is 6.17. The van der Waals surface area contributed by atoms with Crippen molar-refractivity contribution in [2.24, 2.45) is 0 Å². The molecule has 0 aliphatic carbocycles. The molecule has 0 amide bonds. The highest BCUT2D eigenvalue weighted by Crippen LogP contribution is 2.23. The van der Waals surface area contributed by atoms with Gasteiger partial charge in [0.25, 0.3) is 0 Å². The van der Waals surface area contributed by atoms with Gasteiger partial charge in [0.15, 0.2) is 0 Å². The van der Waals surface area contributed by atoms with Gasteiger partial charge in [-0.1, -0.05) is 6.92 Å². The Hall–Kier alpha value is -0.260. The van der Waals surface area contributed by atoms with E-state index in [0.717, 1.165) is 29.1 Å². The van der Waals surface area contributed by atoms with Gasteiger partial charge in [-0.25, -0.2) is 4.98 Å². The average molecular weight is 332 g/mol. The maximum atomic E-state index is 4.56. The van der Waals surface area contributed by atoms with Gasteiger partial charge in [-0.15, -0.1) is 0 Å². The largest absolute Gasteiger partial charge is 0.356 e. The molecule has 0 aliphatic heterocycles. The zero-order valence-corrected chi connectivity index (χ0v) is 13.9. The van der Waals surface area contributed by atoms with Crippen LogP contribution in [0.2, 0.25) is 0 Å². The summed E-state index contributed by atoms with van der Waals surface area (Å²) in [6.07, 6.45) is 4.01. The van der Waals surface area contributed by atoms with Crippen molar-refractivity contribution in [3.05, 3.63) is 22.3 Å². The highest BCUT2D eigenvalue weighted by atomic mass is 79.9. The number of aromatic nitrogens is 1. The van der Waals surface area contributed by atoms with E-state index in [2.05, 4.69) is 64.3 Å². The van der Waals surface area contributed by atoms with Crippen molar-refractivity contribution in [3.8, 4) is 0 Å². The molecule has 1 aromatic rings. The molecule has 0 bridgehead atoms. The summed E-state index contributed by atoms with van der Waals surface area (Å²) in [5, 5.41) is 3.37. The zero-order valence-electron chi connectivity index (χ0n) is 11.5. The Bertz CT molecular complexity index is 373. The topological polar surface area (TPSA) is 28.2 Å². The molecule has 0 aromatic carbocycles. The summed E-state index contributed by atoms with van der Waals surface area (Å²) < 4.78 is 1.03. The van der Waals surface area contributed by atoms with Crippen LogP contribution < -0.4 is 10.2 Å². The Labute approximate surface area is 123 Å². The zero-order chi connectivity index (χ0) is 13.5. The number of nitrogens with zero attached hydrogens (tertiary/aromatic N) is 2. The van der Waals surface area contributed by atoms with Gasteiger partial charge in [0.05, 0.1) is 0 Å². The van der Waals surface area contributed by atoms with E-state index in [1.54, 1.807) is 0 Å². The van der Waals surface area contributed by atoms with E-state index in [1.165, 1.54) is 5.56 Å². The van der Waals surface area contributed by atoms with Gasteiger partial charge in [0.2, 0.25) is 0 Å². The molecule has 0 saturated carbocycles. The molecule has 0 radical (unpaired) electrons. The molecular weight excluding hydrogens is 310 g/mol. The van der Waals surface area contributed by atoms with Gasteiger partial charge < -0.3 is 10.2 Å². The highest BCUT2D eigenvalue weighted by molar-refractivity contribution is 9.10. The van der Waals surface area contributed by atoms with Crippen molar-refractivity contribution in [1.29, 1.82) is 0 Å². The first-order valence-electron chi connectivity index (χ1n) is 6.17. The maximum absolute atomic E-state index is 4.56. The molecule has 1 atom stereocenters. The van der Waals surface area contributed by atoms with Crippen LogP contribution in [0.5, 0.6) is 0 Å². The molecule has 5 heteroatoms. The summed E-state index contributed by atoms with van der Waals surface area (Å²) >= 11 is 5.36. The number of pyridine rings is 1. The molecular formula is C13H22BrN3S. The highest BCUT2D eigenvalue weighted by Gasteiger charge is 2.14. The van der Waals surface area contributed by atoms with Crippen LogP contribution in [0, 0.1) is 0 Å². The summed E-state index contributed by atoms with van der Waals surface area (Å²) in [4.78, 5) is 6.82. The summed E-state index contributed by atoms with van der Waals surface area (Å²) in [5.74, 6) is 2.18. The van der Waals surface area contributed by atoms with Gasteiger partial charge in [0.1, 0.15) is 5.82 Å². The van der Waals surface area contributed by atoms with E-state index in [9.17, 15) is 0 Å². The molecule has 102 valence electrons. The van der Waals surface area contributed by atoms with Crippen molar-refractivity contribution >= 4 is 33.5 Å². The number of thioether (sulfide) groups is 1. The van der Waals surface area contributed by atoms with Crippen molar-refractivity contribution < 1.29 is 0 Å².